The molecule has 36 heavy (non-hydrogen) atoms. The molecule has 190 valence electrons. The van der Waals surface area contributed by atoms with Gasteiger partial charge < -0.3 is 20.5 Å². The van der Waals surface area contributed by atoms with E-state index in [1.54, 1.807) is 24.3 Å². The Balaban J connectivity index is 1.55. The lowest BCUT2D eigenvalue weighted by Gasteiger charge is -2.25. The van der Waals surface area contributed by atoms with Gasteiger partial charge >= 0.3 is 0 Å². The van der Waals surface area contributed by atoms with Gasteiger partial charge in [-0.1, -0.05) is 17.9 Å². The van der Waals surface area contributed by atoms with E-state index in [4.69, 9.17) is 9.94 Å². The Labute approximate surface area is 209 Å². The van der Waals surface area contributed by atoms with Crippen LogP contribution in [0.5, 0.6) is 0 Å². The summed E-state index contributed by atoms with van der Waals surface area (Å²) >= 11 is 0. The number of Topliss-reactive ketones (excluding diaryl/α,β-unsaturated/α-hetero) is 1. The first-order chi connectivity index (χ1) is 17.4. The number of amides is 2. The lowest BCUT2D eigenvalue weighted by Crippen LogP contribution is -2.51. The van der Waals surface area contributed by atoms with Crippen LogP contribution in [0.3, 0.4) is 0 Å². The summed E-state index contributed by atoms with van der Waals surface area (Å²) < 4.78 is 5.30. The number of hydrogen-bond acceptors (Lipinski definition) is 8. The summed E-state index contributed by atoms with van der Waals surface area (Å²) in [6.07, 6.45) is -1.20. The van der Waals surface area contributed by atoms with Crippen LogP contribution in [0, 0.1) is 11.8 Å². The number of aliphatic hydroxyl groups is 1. The molecule has 0 spiro atoms. The van der Waals surface area contributed by atoms with E-state index >= 15 is 0 Å². The third-order valence-corrected chi connectivity index (χ3v) is 5.52. The number of hydrogen-bond donors (Lipinski definition) is 5. The van der Waals surface area contributed by atoms with Gasteiger partial charge in [-0.2, -0.15) is 0 Å². The van der Waals surface area contributed by atoms with Crippen LogP contribution >= 0.6 is 0 Å². The molecule has 1 fully saturated rings. The van der Waals surface area contributed by atoms with E-state index in [2.05, 4.69) is 27.4 Å². The van der Waals surface area contributed by atoms with Crippen LogP contribution in [0.25, 0.3) is 0 Å². The van der Waals surface area contributed by atoms with Crippen molar-refractivity contribution in [3.05, 3.63) is 65.2 Å². The van der Waals surface area contributed by atoms with Crippen molar-refractivity contribution in [2.24, 2.45) is 0 Å². The zero-order valence-electron chi connectivity index (χ0n) is 20.0. The molecular weight excluding hydrogens is 464 g/mol. The van der Waals surface area contributed by atoms with E-state index in [-0.39, 0.29) is 17.9 Å². The second-order valence-electron chi connectivity index (χ2n) is 8.36. The fourth-order valence-electron chi connectivity index (χ4n) is 3.52. The Morgan fingerprint density at radius 2 is 1.75 bits per heavy atom. The van der Waals surface area contributed by atoms with Crippen molar-refractivity contribution in [2.45, 2.75) is 19.1 Å². The lowest BCUT2D eigenvalue weighted by molar-refractivity contribution is -0.133. The minimum absolute atomic E-state index is 0.106. The number of hydroxylamine groups is 1. The second kappa shape index (κ2) is 13.4. The fourth-order valence-corrected chi connectivity index (χ4v) is 3.52. The molecule has 0 radical (unpaired) electrons. The maximum atomic E-state index is 12.4. The third-order valence-electron chi connectivity index (χ3n) is 5.52. The van der Waals surface area contributed by atoms with Crippen LogP contribution in [-0.2, 0) is 14.3 Å². The molecular formula is C26H30N4O6. The van der Waals surface area contributed by atoms with Crippen molar-refractivity contribution in [3.63, 3.8) is 0 Å². The Kier molecular flexibility index (Phi) is 9.97. The van der Waals surface area contributed by atoms with E-state index in [9.17, 15) is 19.5 Å². The van der Waals surface area contributed by atoms with Crippen LogP contribution in [0.2, 0.25) is 0 Å². The molecule has 2 amide bonds. The maximum Gasteiger partial charge on any atom is 0.268 e. The summed E-state index contributed by atoms with van der Waals surface area (Å²) in [5.41, 5.74) is 3.92. The average Bonchev–Trinajstić information content (AvgIpc) is 2.89. The molecule has 0 saturated carbocycles. The number of nitrogens with one attached hydrogen (secondary N) is 3. The van der Waals surface area contributed by atoms with Gasteiger partial charge in [0.15, 0.2) is 5.78 Å². The summed E-state index contributed by atoms with van der Waals surface area (Å²) in [7, 11) is 0. The first-order valence-electron chi connectivity index (χ1n) is 11.6. The van der Waals surface area contributed by atoms with Crippen molar-refractivity contribution in [2.75, 3.05) is 44.7 Å². The second-order valence-corrected chi connectivity index (χ2v) is 8.36. The predicted molar refractivity (Wildman–Crippen MR) is 132 cm³/mol. The fraction of sp³-hybridized carbons (Fsp3) is 0.346. The highest BCUT2D eigenvalue weighted by molar-refractivity contribution is 5.97. The molecule has 2 aromatic carbocycles. The van der Waals surface area contributed by atoms with Gasteiger partial charge in [-0.25, -0.2) is 5.48 Å². The molecule has 0 aliphatic carbocycles. The Morgan fingerprint density at radius 3 is 2.42 bits per heavy atom. The predicted octanol–water partition coefficient (Wildman–Crippen LogP) is 0.384. The van der Waals surface area contributed by atoms with Crippen LogP contribution < -0.4 is 16.1 Å². The van der Waals surface area contributed by atoms with Gasteiger partial charge in [0.1, 0.15) is 6.04 Å². The normalized spacial score (nSPS) is 15.1. The Morgan fingerprint density at radius 1 is 1.06 bits per heavy atom. The van der Waals surface area contributed by atoms with Crippen molar-refractivity contribution in [3.8, 4) is 11.8 Å². The molecule has 5 N–H and O–H groups in total. The van der Waals surface area contributed by atoms with E-state index in [1.807, 2.05) is 24.3 Å². The van der Waals surface area contributed by atoms with Gasteiger partial charge in [0.05, 0.1) is 32.4 Å². The van der Waals surface area contributed by atoms with E-state index in [0.717, 1.165) is 24.3 Å². The van der Waals surface area contributed by atoms with Crippen LogP contribution in [0.4, 0.5) is 5.69 Å². The summed E-state index contributed by atoms with van der Waals surface area (Å²) in [6.45, 7) is 4.81. The number of carbonyl (C=O) groups is 3. The zero-order valence-corrected chi connectivity index (χ0v) is 20.0. The van der Waals surface area contributed by atoms with Gasteiger partial charge in [-0.15, -0.1) is 0 Å². The van der Waals surface area contributed by atoms with Gasteiger partial charge in [0.2, 0.25) is 0 Å². The van der Waals surface area contributed by atoms with Crippen molar-refractivity contribution < 1.29 is 29.4 Å². The molecule has 10 nitrogen and oxygen atoms in total. The van der Waals surface area contributed by atoms with Crippen molar-refractivity contribution in [1.82, 2.24) is 15.7 Å². The SMILES string of the molecule is C[C@@H](O)[C@H](NC(=O)c1ccc(C#Cc2cccc(NCC(=O)CN3CCOCC3)c2)cc1)C(=O)NO. The lowest BCUT2D eigenvalue weighted by atomic mass is 10.1. The highest BCUT2D eigenvalue weighted by Gasteiger charge is 2.25. The number of morpholine rings is 1. The summed E-state index contributed by atoms with van der Waals surface area (Å²) in [4.78, 5) is 38.3. The third kappa shape index (κ3) is 8.18. The van der Waals surface area contributed by atoms with Crippen LogP contribution in [0.1, 0.15) is 28.4 Å². The molecule has 1 saturated heterocycles. The topological polar surface area (TPSA) is 140 Å². The standard InChI is InChI=1S/C26H30N4O6/c1-18(31)24(26(34)29-35)28-25(33)21-9-7-19(8-10-21)5-6-20-3-2-4-22(15-20)27-16-23(32)17-30-11-13-36-14-12-30/h2-4,7-10,15,18,24,27,31,35H,11-14,16-17H2,1H3,(H,28,33)(H,29,34)/t18-,24+/m1/s1. The molecule has 10 heteroatoms. The van der Waals surface area contributed by atoms with Gasteiger partial charge in [0.25, 0.3) is 11.8 Å². The first-order valence-corrected chi connectivity index (χ1v) is 11.6. The number of benzene rings is 2. The van der Waals surface area contributed by atoms with Gasteiger partial charge in [-0.3, -0.25) is 24.5 Å². The molecule has 1 heterocycles. The summed E-state index contributed by atoms with van der Waals surface area (Å²) in [6, 6.07) is 12.6. The first kappa shape index (κ1) is 26.8. The number of rotatable bonds is 9. The minimum Gasteiger partial charge on any atom is -0.391 e. The molecule has 2 aromatic rings. The number of nitrogens with zero attached hydrogens (tertiary/aromatic N) is 1. The molecule has 0 unspecified atom stereocenters. The van der Waals surface area contributed by atoms with Gasteiger partial charge in [0, 0.05) is 35.5 Å². The van der Waals surface area contributed by atoms with E-state index in [0.29, 0.717) is 25.3 Å². The number of anilines is 1. The molecule has 0 aromatic heterocycles. The Bertz CT molecular complexity index is 1120. The summed E-state index contributed by atoms with van der Waals surface area (Å²) in [5.74, 6) is 4.70. The van der Waals surface area contributed by atoms with E-state index < -0.39 is 24.0 Å². The number of ether oxygens (including phenoxy) is 1. The van der Waals surface area contributed by atoms with E-state index in [1.165, 1.54) is 12.4 Å². The average molecular weight is 495 g/mol. The Hall–Kier alpha value is -3.75. The van der Waals surface area contributed by atoms with Gasteiger partial charge in [-0.05, 0) is 49.4 Å². The maximum absolute atomic E-state index is 12.4. The zero-order chi connectivity index (χ0) is 25.9. The molecule has 2 atom stereocenters. The molecule has 1 aliphatic heterocycles. The largest absolute Gasteiger partial charge is 0.391 e. The van der Waals surface area contributed by atoms with Crippen molar-refractivity contribution in [1.29, 1.82) is 0 Å². The summed E-state index contributed by atoms with van der Waals surface area (Å²) in [5, 5.41) is 23.9. The quantitative estimate of drug-likeness (QED) is 0.192. The van der Waals surface area contributed by atoms with Crippen molar-refractivity contribution >= 4 is 23.3 Å². The van der Waals surface area contributed by atoms with Crippen LogP contribution in [-0.4, -0.2) is 84.3 Å². The smallest absolute Gasteiger partial charge is 0.268 e. The highest BCUT2D eigenvalue weighted by Crippen LogP contribution is 2.11. The highest BCUT2D eigenvalue weighted by atomic mass is 16.5. The van der Waals surface area contributed by atoms with Crippen LogP contribution in [0.15, 0.2) is 48.5 Å². The minimum atomic E-state index is -1.29. The number of aliphatic hydroxyl groups excluding tert-OH is 1. The molecule has 0 bridgehead atoms. The number of carbonyl (C=O) groups excluding carboxylic acids is 3. The monoisotopic (exact) mass is 494 g/mol. The number of ketones is 1. The molecule has 3 rings (SSSR count). The molecule has 1 aliphatic rings.